The first kappa shape index (κ1) is 14.5. The number of nitrogens with one attached hydrogen (secondary N) is 1. The Morgan fingerprint density at radius 3 is 2.85 bits per heavy atom. The predicted octanol–water partition coefficient (Wildman–Crippen LogP) is 2.69. The van der Waals surface area contributed by atoms with Crippen LogP contribution in [0.2, 0.25) is 0 Å². The first-order valence-corrected chi connectivity index (χ1v) is 6.69. The van der Waals surface area contributed by atoms with E-state index in [9.17, 15) is 4.39 Å². The van der Waals surface area contributed by atoms with Gasteiger partial charge in [0.15, 0.2) is 11.6 Å². The lowest BCUT2D eigenvalue weighted by Crippen LogP contribution is -2.13. The van der Waals surface area contributed by atoms with E-state index in [1.165, 1.54) is 6.07 Å². The number of halogens is 1. The first-order chi connectivity index (χ1) is 9.61. The van der Waals surface area contributed by atoms with E-state index < -0.39 is 0 Å². The summed E-state index contributed by atoms with van der Waals surface area (Å²) >= 11 is 0. The average molecular weight is 277 g/mol. The van der Waals surface area contributed by atoms with Gasteiger partial charge in [-0.1, -0.05) is 6.07 Å². The zero-order chi connectivity index (χ0) is 14.5. The van der Waals surface area contributed by atoms with Gasteiger partial charge in [0.1, 0.15) is 12.4 Å². The summed E-state index contributed by atoms with van der Waals surface area (Å²) < 4.78 is 21.4. The Labute approximate surface area is 118 Å². The van der Waals surface area contributed by atoms with Crippen molar-refractivity contribution in [1.82, 2.24) is 14.9 Å². The van der Waals surface area contributed by atoms with Crippen molar-refractivity contribution in [1.29, 1.82) is 0 Å². The molecule has 0 aliphatic heterocycles. The number of rotatable bonds is 6. The van der Waals surface area contributed by atoms with Crippen LogP contribution in [0.4, 0.5) is 4.39 Å². The maximum absolute atomic E-state index is 13.9. The Balaban J connectivity index is 1.95. The molecular weight excluding hydrogens is 257 g/mol. The van der Waals surface area contributed by atoms with Crippen molar-refractivity contribution < 1.29 is 9.13 Å². The largest absolute Gasteiger partial charge is 0.489 e. The number of aromatic nitrogens is 2. The molecule has 20 heavy (non-hydrogen) atoms. The number of hydrogen-bond acceptors (Lipinski definition) is 3. The Bertz CT molecular complexity index is 568. The average Bonchev–Trinajstić information content (AvgIpc) is 2.85. The van der Waals surface area contributed by atoms with E-state index in [1.54, 1.807) is 12.3 Å². The highest BCUT2D eigenvalue weighted by Gasteiger charge is 2.08. The fraction of sp³-hybridized carbons (Fsp3) is 0.400. The molecule has 0 aliphatic rings. The Kier molecular flexibility index (Phi) is 4.74. The van der Waals surface area contributed by atoms with Crippen LogP contribution >= 0.6 is 0 Å². The smallest absolute Gasteiger partial charge is 0.165 e. The predicted molar refractivity (Wildman–Crippen MR) is 76.3 cm³/mol. The summed E-state index contributed by atoms with van der Waals surface area (Å²) in [4.78, 5) is 4.13. The molecule has 0 spiro atoms. The number of nitrogens with zero attached hydrogens (tertiary/aromatic N) is 2. The molecule has 2 rings (SSSR count). The number of ether oxygens (including phenoxy) is 1. The molecule has 0 fully saturated rings. The van der Waals surface area contributed by atoms with Crippen molar-refractivity contribution in [3.05, 3.63) is 47.8 Å². The molecule has 1 aromatic heterocycles. The van der Waals surface area contributed by atoms with Crippen molar-refractivity contribution in [3.63, 3.8) is 0 Å². The molecule has 0 aliphatic carbocycles. The molecule has 108 valence electrons. The minimum absolute atomic E-state index is 0.118. The monoisotopic (exact) mass is 277 g/mol. The fourth-order valence-electron chi connectivity index (χ4n) is 1.96. The van der Waals surface area contributed by atoms with Gasteiger partial charge in [-0.2, -0.15) is 0 Å². The quantitative estimate of drug-likeness (QED) is 0.882. The molecular formula is C15H20FN3O. The van der Waals surface area contributed by atoms with Crippen molar-refractivity contribution in [3.8, 4) is 5.75 Å². The van der Waals surface area contributed by atoms with Gasteiger partial charge in [-0.05, 0) is 38.6 Å². The van der Waals surface area contributed by atoms with Crippen molar-refractivity contribution in [2.24, 2.45) is 0 Å². The molecule has 2 aromatic rings. The lowest BCUT2D eigenvalue weighted by molar-refractivity contribution is 0.283. The van der Waals surface area contributed by atoms with Gasteiger partial charge >= 0.3 is 0 Å². The van der Waals surface area contributed by atoms with Gasteiger partial charge in [0, 0.05) is 18.4 Å². The van der Waals surface area contributed by atoms with E-state index in [4.69, 9.17) is 4.74 Å². The third kappa shape index (κ3) is 3.36. The second-order valence-electron chi connectivity index (χ2n) is 4.72. The molecule has 0 saturated carbocycles. The van der Waals surface area contributed by atoms with Gasteiger partial charge in [0.25, 0.3) is 0 Å². The number of hydrogen-bond donors (Lipinski definition) is 1. The number of benzene rings is 1. The highest BCUT2D eigenvalue weighted by atomic mass is 19.1. The van der Waals surface area contributed by atoms with Gasteiger partial charge in [-0.25, -0.2) is 9.37 Å². The minimum atomic E-state index is -0.327. The van der Waals surface area contributed by atoms with Crippen molar-refractivity contribution in [2.75, 3.05) is 13.7 Å². The summed E-state index contributed by atoms with van der Waals surface area (Å²) in [6, 6.07) is 5.19. The molecule has 1 atom stereocenters. The summed E-state index contributed by atoms with van der Waals surface area (Å²) in [7, 11) is 1.85. The summed E-state index contributed by atoms with van der Waals surface area (Å²) in [6.45, 7) is 4.97. The summed E-state index contributed by atoms with van der Waals surface area (Å²) in [5.41, 5.74) is 0.905. The second-order valence-corrected chi connectivity index (χ2v) is 4.72. The van der Waals surface area contributed by atoms with Gasteiger partial charge in [-0.15, -0.1) is 0 Å². The third-order valence-corrected chi connectivity index (χ3v) is 3.40. The Hall–Kier alpha value is -1.88. The van der Waals surface area contributed by atoms with E-state index in [-0.39, 0.29) is 17.6 Å². The van der Waals surface area contributed by atoms with E-state index >= 15 is 0 Å². The van der Waals surface area contributed by atoms with E-state index in [0.717, 1.165) is 11.4 Å². The topological polar surface area (TPSA) is 39.1 Å². The molecule has 0 radical (unpaired) electrons. The Morgan fingerprint density at radius 1 is 1.45 bits per heavy atom. The SMILES string of the molecule is CNC(C)c1ccc(OCCn2ccnc2C)c(F)c1. The summed E-state index contributed by atoms with van der Waals surface area (Å²) in [6.07, 6.45) is 3.62. The molecule has 0 bridgehead atoms. The fourth-order valence-corrected chi connectivity index (χ4v) is 1.96. The van der Waals surface area contributed by atoms with Gasteiger partial charge in [-0.3, -0.25) is 0 Å². The zero-order valence-corrected chi connectivity index (χ0v) is 12.1. The van der Waals surface area contributed by atoms with Crippen LogP contribution in [0.25, 0.3) is 0 Å². The van der Waals surface area contributed by atoms with Crippen LogP contribution in [0.3, 0.4) is 0 Å². The minimum Gasteiger partial charge on any atom is -0.489 e. The van der Waals surface area contributed by atoms with E-state index in [2.05, 4.69) is 10.3 Å². The molecule has 0 saturated heterocycles. The van der Waals surface area contributed by atoms with Crippen molar-refractivity contribution in [2.45, 2.75) is 26.4 Å². The maximum atomic E-state index is 13.9. The van der Waals surface area contributed by atoms with Gasteiger partial charge < -0.3 is 14.6 Å². The molecule has 1 aromatic carbocycles. The standard InChI is InChI=1S/C15H20FN3O/c1-11(17-3)13-4-5-15(14(16)10-13)20-9-8-19-7-6-18-12(19)2/h4-7,10-11,17H,8-9H2,1-3H3. The summed E-state index contributed by atoms with van der Waals surface area (Å²) in [5, 5.41) is 3.08. The maximum Gasteiger partial charge on any atom is 0.165 e. The molecule has 4 nitrogen and oxygen atoms in total. The Morgan fingerprint density at radius 2 is 2.25 bits per heavy atom. The highest BCUT2D eigenvalue weighted by molar-refractivity contribution is 5.30. The van der Waals surface area contributed by atoms with E-state index in [1.807, 2.05) is 37.7 Å². The highest BCUT2D eigenvalue weighted by Crippen LogP contribution is 2.21. The number of aryl methyl sites for hydroxylation is 1. The van der Waals surface area contributed by atoms with Crippen LogP contribution in [-0.4, -0.2) is 23.2 Å². The second kappa shape index (κ2) is 6.52. The normalized spacial score (nSPS) is 12.4. The molecule has 5 heteroatoms. The molecule has 0 amide bonds. The van der Waals surface area contributed by atoms with Crippen LogP contribution in [0.1, 0.15) is 24.4 Å². The van der Waals surface area contributed by atoms with Crippen LogP contribution in [0, 0.1) is 12.7 Å². The van der Waals surface area contributed by atoms with Crippen LogP contribution in [0.15, 0.2) is 30.6 Å². The van der Waals surface area contributed by atoms with Crippen LogP contribution in [0.5, 0.6) is 5.75 Å². The lowest BCUT2D eigenvalue weighted by atomic mass is 10.1. The van der Waals surface area contributed by atoms with Crippen molar-refractivity contribution >= 4 is 0 Å². The lowest BCUT2D eigenvalue weighted by Gasteiger charge is -2.13. The molecule has 1 unspecified atom stereocenters. The molecule has 1 N–H and O–H groups in total. The van der Waals surface area contributed by atoms with Crippen LogP contribution < -0.4 is 10.1 Å². The number of imidazole rings is 1. The zero-order valence-electron chi connectivity index (χ0n) is 12.1. The van der Waals surface area contributed by atoms with E-state index in [0.29, 0.717) is 13.2 Å². The third-order valence-electron chi connectivity index (χ3n) is 3.40. The van der Waals surface area contributed by atoms with Gasteiger partial charge in [0.2, 0.25) is 0 Å². The van der Waals surface area contributed by atoms with Crippen LogP contribution in [-0.2, 0) is 6.54 Å². The first-order valence-electron chi connectivity index (χ1n) is 6.69. The molecule has 1 heterocycles. The summed E-state index contributed by atoms with van der Waals surface area (Å²) in [5.74, 6) is 0.883. The van der Waals surface area contributed by atoms with Gasteiger partial charge in [0.05, 0.1) is 6.54 Å².